The molecule has 2 fully saturated rings. The van der Waals surface area contributed by atoms with Gasteiger partial charge in [-0.05, 0) is 61.6 Å². The number of ether oxygens (including phenoxy) is 4. The molecule has 36 heavy (non-hydrogen) atoms. The lowest BCUT2D eigenvalue weighted by molar-refractivity contribution is -0.137. The van der Waals surface area contributed by atoms with Crippen LogP contribution in [-0.4, -0.2) is 42.8 Å². The van der Waals surface area contributed by atoms with Crippen LogP contribution < -0.4 is 18.9 Å². The molecule has 0 unspecified atom stereocenters. The van der Waals surface area contributed by atoms with E-state index in [0.717, 1.165) is 77.7 Å². The maximum atomic E-state index is 13.7. The lowest BCUT2D eigenvalue weighted by Gasteiger charge is -2.30. The summed E-state index contributed by atoms with van der Waals surface area (Å²) in [4.78, 5) is 20.9. The van der Waals surface area contributed by atoms with Crippen molar-refractivity contribution in [1.82, 2.24) is 9.88 Å². The molecule has 0 bridgehead atoms. The standard InChI is InChI=1S/C29H32N2O5/c1-33-22-10-11-25(34-2)23(14-22)28-20(12-19-13-26-27(36-17-35-26)15-24(19)30-28)16-31(21-8-9-21)29(32)18-6-4-3-5-7-18/h10-15,18,21H,3-9,16-17H2,1-2H3. The van der Waals surface area contributed by atoms with E-state index in [-0.39, 0.29) is 12.7 Å². The van der Waals surface area contributed by atoms with E-state index in [1.165, 1.54) is 6.42 Å². The Morgan fingerprint density at radius 2 is 1.75 bits per heavy atom. The van der Waals surface area contributed by atoms with E-state index < -0.39 is 0 Å². The molecule has 0 atom stereocenters. The summed E-state index contributed by atoms with van der Waals surface area (Å²) < 4.78 is 22.5. The maximum Gasteiger partial charge on any atom is 0.231 e. The monoisotopic (exact) mass is 488 g/mol. The SMILES string of the molecule is COc1ccc(OC)c(-c2nc3cc4c(cc3cc2CN(C(=O)C2CCCCC2)C2CC2)OCO4)c1. The van der Waals surface area contributed by atoms with Crippen molar-refractivity contribution in [3.63, 3.8) is 0 Å². The van der Waals surface area contributed by atoms with Crippen LogP contribution in [0.2, 0.25) is 0 Å². The summed E-state index contributed by atoms with van der Waals surface area (Å²) in [5.74, 6) is 3.28. The molecular formula is C29H32N2O5. The van der Waals surface area contributed by atoms with Gasteiger partial charge >= 0.3 is 0 Å². The number of amides is 1. The fourth-order valence-corrected chi connectivity index (χ4v) is 5.50. The molecule has 0 N–H and O–H groups in total. The van der Waals surface area contributed by atoms with Gasteiger partial charge in [-0.3, -0.25) is 4.79 Å². The van der Waals surface area contributed by atoms with E-state index in [1.807, 2.05) is 30.3 Å². The minimum atomic E-state index is 0.136. The van der Waals surface area contributed by atoms with Gasteiger partial charge in [0.2, 0.25) is 12.7 Å². The van der Waals surface area contributed by atoms with E-state index in [1.54, 1.807) is 14.2 Å². The van der Waals surface area contributed by atoms with Gasteiger partial charge in [0.15, 0.2) is 11.5 Å². The van der Waals surface area contributed by atoms with Crippen LogP contribution in [0.4, 0.5) is 0 Å². The molecule has 0 saturated heterocycles. The highest BCUT2D eigenvalue weighted by Gasteiger charge is 2.37. The third-order valence-electron chi connectivity index (χ3n) is 7.62. The average molecular weight is 489 g/mol. The molecule has 2 aromatic carbocycles. The Bertz CT molecular complexity index is 1300. The first-order valence-electron chi connectivity index (χ1n) is 12.9. The van der Waals surface area contributed by atoms with Crippen molar-refractivity contribution in [1.29, 1.82) is 0 Å². The van der Waals surface area contributed by atoms with Crippen LogP contribution in [0.1, 0.15) is 50.5 Å². The highest BCUT2D eigenvalue weighted by molar-refractivity contribution is 5.88. The first-order chi connectivity index (χ1) is 17.6. The van der Waals surface area contributed by atoms with E-state index in [0.29, 0.717) is 30.0 Å². The second-order valence-corrected chi connectivity index (χ2v) is 9.99. The number of carbonyl (C=O) groups is 1. The van der Waals surface area contributed by atoms with E-state index in [2.05, 4.69) is 11.0 Å². The molecule has 7 nitrogen and oxygen atoms in total. The molecule has 3 aromatic rings. The number of pyridine rings is 1. The van der Waals surface area contributed by atoms with Gasteiger partial charge in [-0.1, -0.05) is 19.3 Å². The van der Waals surface area contributed by atoms with Gasteiger partial charge in [0.25, 0.3) is 0 Å². The first-order valence-corrected chi connectivity index (χ1v) is 12.9. The quantitative estimate of drug-likeness (QED) is 0.424. The Kier molecular flexibility index (Phi) is 6.07. The van der Waals surface area contributed by atoms with Crippen LogP contribution in [0.3, 0.4) is 0 Å². The Morgan fingerprint density at radius 1 is 0.972 bits per heavy atom. The van der Waals surface area contributed by atoms with Crippen molar-refractivity contribution in [3.05, 3.63) is 42.0 Å². The summed E-state index contributed by atoms with van der Waals surface area (Å²) in [6.07, 6.45) is 7.65. The van der Waals surface area contributed by atoms with Gasteiger partial charge in [0.05, 0.1) is 25.4 Å². The fourth-order valence-electron chi connectivity index (χ4n) is 5.50. The third kappa shape index (κ3) is 4.31. The highest BCUT2D eigenvalue weighted by Crippen LogP contribution is 2.41. The predicted octanol–water partition coefficient (Wildman–Crippen LogP) is 5.72. The molecular weight excluding hydrogens is 456 g/mol. The highest BCUT2D eigenvalue weighted by atomic mass is 16.7. The van der Waals surface area contributed by atoms with Crippen LogP contribution in [-0.2, 0) is 11.3 Å². The summed E-state index contributed by atoms with van der Waals surface area (Å²) in [7, 11) is 3.31. The average Bonchev–Trinajstić information content (AvgIpc) is 3.67. The van der Waals surface area contributed by atoms with E-state index >= 15 is 0 Å². The molecule has 1 aliphatic heterocycles. The largest absolute Gasteiger partial charge is 0.497 e. The van der Waals surface area contributed by atoms with E-state index in [4.69, 9.17) is 23.9 Å². The van der Waals surface area contributed by atoms with Crippen LogP contribution in [0.5, 0.6) is 23.0 Å². The summed E-state index contributed by atoms with van der Waals surface area (Å²) in [6.45, 7) is 0.730. The number of nitrogens with zero attached hydrogens (tertiary/aromatic N) is 2. The zero-order valence-corrected chi connectivity index (χ0v) is 20.9. The van der Waals surface area contributed by atoms with Crippen molar-refractivity contribution in [2.24, 2.45) is 5.92 Å². The number of benzene rings is 2. The van der Waals surface area contributed by atoms with Crippen LogP contribution in [0, 0.1) is 5.92 Å². The molecule has 188 valence electrons. The lowest BCUT2D eigenvalue weighted by atomic mass is 9.88. The van der Waals surface area contributed by atoms with Crippen LogP contribution in [0.25, 0.3) is 22.2 Å². The fraction of sp³-hybridized carbons (Fsp3) is 0.448. The molecule has 7 heteroatoms. The molecule has 0 spiro atoms. The van der Waals surface area contributed by atoms with Crippen molar-refractivity contribution in [2.45, 2.75) is 57.5 Å². The van der Waals surface area contributed by atoms with Gasteiger partial charge in [0, 0.05) is 35.5 Å². The molecule has 0 radical (unpaired) electrons. The number of fused-ring (bicyclic) bond motifs is 2. The summed E-state index contributed by atoms with van der Waals surface area (Å²) in [5, 5.41) is 0.959. The first kappa shape index (κ1) is 23.0. The summed E-state index contributed by atoms with van der Waals surface area (Å²) in [5.41, 5.74) is 3.43. The number of rotatable bonds is 7. The zero-order chi connectivity index (χ0) is 24.6. The minimum absolute atomic E-state index is 0.136. The maximum absolute atomic E-state index is 13.7. The number of aromatic nitrogens is 1. The van der Waals surface area contributed by atoms with Gasteiger partial charge < -0.3 is 23.8 Å². The smallest absolute Gasteiger partial charge is 0.231 e. The Balaban J connectivity index is 1.47. The van der Waals surface area contributed by atoms with Crippen LogP contribution >= 0.6 is 0 Å². The van der Waals surface area contributed by atoms with Gasteiger partial charge in [-0.25, -0.2) is 4.98 Å². The van der Waals surface area contributed by atoms with Gasteiger partial charge in [-0.15, -0.1) is 0 Å². The Morgan fingerprint density at radius 3 is 2.47 bits per heavy atom. The number of carbonyl (C=O) groups excluding carboxylic acids is 1. The number of methoxy groups -OCH3 is 2. The van der Waals surface area contributed by atoms with E-state index in [9.17, 15) is 4.79 Å². The third-order valence-corrected chi connectivity index (χ3v) is 7.62. The summed E-state index contributed by atoms with van der Waals surface area (Å²) >= 11 is 0. The van der Waals surface area contributed by atoms with Crippen molar-refractivity contribution >= 4 is 16.8 Å². The molecule has 2 heterocycles. The molecule has 3 aliphatic rings. The Hall–Kier alpha value is -3.48. The lowest BCUT2D eigenvalue weighted by Crippen LogP contribution is -2.38. The minimum Gasteiger partial charge on any atom is -0.497 e. The number of hydrogen-bond donors (Lipinski definition) is 0. The predicted molar refractivity (Wildman–Crippen MR) is 137 cm³/mol. The molecule has 2 aliphatic carbocycles. The Labute approximate surface area is 211 Å². The van der Waals surface area contributed by atoms with Crippen molar-refractivity contribution < 1.29 is 23.7 Å². The normalized spacial score (nSPS) is 17.3. The second kappa shape index (κ2) is 9.52. The van der Waals surface area contributed by atoms with Crippen molar-refractivity contribution in [2.75, 3.05) is 21.0 Å². The van der Waals surface area contributed by atoms with Crippen molar-refractivity contribution in [3.8, 4) is 34.3 Å². The second-order valence-electron chi connectivity index (χ2n) is 9.99. The molecule has 1 aromatic heterocycles. The summed E-state index contributed by atoms with van der Waals surface area (Å²) in [6, 6.07) is 12.1. The van der Waals surface area contributed by atoms with Gasteiger partial charge in [0.1, 0.15) is 11.5 Å². The van der Waals surface area contributed by atoms with Crippen LogP contribution in [0.15, 0.2) is 36.4 Å². The molecule has 6 rings (SSSR count). The topological polar surface area (TPSA) is 70.1 Å². The molecule has 2 saturated carbocycles. The molecule has 1 amide bonds. The van der Waals surface area contributed by atoms with Gasteiger partial charge in [-0.2, -0.15) is 0 Å². The number of hydrogen-bond acceptors (Lipinski definition) is 6. The zero-order valence-electron chi connectivity index (χ0n) is 20.9.